The fraction of sp³-hybridized carbons (Fsp3) is 0.462. The molecule has 0 spiro atoms. The van der Waals surface area contributed by atoms with Gasteiger partial charge in [0.25, 0.3) is 0 Å². The molecule has 6 nitrogen and oxygen atoms in total. The molecular weight excluding hydrogens is 282 g/mol. The van der Waals surface area contributed by atoms with Gasteiger partial charge in [0.05, 0.1) is 24.0 Å². The summed E-state index contributed by atoms with van der Waals surface area (Å²) < 4.78 is 31.9. The van der Waals surface area contributed by atoms with Crippen molar-refractivity contribution in [2.45, 2.75) is 25.4 Å². The van der Waals surface area contributed by atoms with Crippen LogP contribution in [0.2, 0.25) is 0 Å². The van der Waals surface area contributed by atoms with E-state index in [2.05, 4.69) is 4.72 Å². The van der Waals surface area contributed by atoms with Gasteiger partial charge in [-0.3, -0.25) is 9.52 Å². The van der Waals surface area contributed by atoms with Crippen LogP contribution in [0.4, 0.5) is 5.69 Å². The molecule has 2 rings (SSSR count). The van der Waals surface area contributed by atoms with Crippen LogP contribution in [0.1, 0.15) is 18.4 Å². The highest BCUT2D eigenvalue weighted by Gasteiger charge is 2.24. The number of benzene rings is 1. The van der Waals surface area contributed by atoms with Gasteiger partial charge in [-0.1, -0.05) is 18.2 Å². The second-order valence-corrected chi connectivity index (χ2v) is 6.51. The zero-order valence-electron chi connectivity index (χ0n) is 10.9. The molecular formula is C13H17NO5S. The van der Waals surface area contributed by atoms with Crippen LogP contribution in [-0.4, -0.2) is 38.0 Å². The van der Waals surface area contributed by atoms with E-state index < -0.39 is 16.0 Å². The van der Waals surface area contributed by atoms with Crippen LogP contribution in [-0.2, 0) is 26.0 Å². The van der Waals surface area contributed by atoms with Gasteiger partial charge < -0.3 is 9.84 Å². The Morgan fingerprint density at radius 2 is 2.15 bits per heavy atom. The van der Waals surface area contributed by atoms with Crippen molar-refractivity contribution >= 4 is 21.7 Å². The Kier molecular flexibility index (Phi) is 4.61. The Balaban J connectivity index is 2.09. The van der Waals surface area contributed by atoms with Crippen molar-refractivity contribution in [3.05, 3.63) is 29.8 Å². The van der Waals surface area contributed by atoms with Crippen molar-refractivity contribution < 1.29 is 23.1 Å². The van der Waals surface area contributed by atoms with Crippen LogP contribution < -0.4 is 4.72 Å². The highest BCUT2D eigenvalue weighted by atomic mass is 32.2. The van der Waals surface area contributed by atoms with Gasteiger partial charge in [0.2, 0.25) is 10.0 Å². The largest absolute Gasteiger partial charge is 0.481 e. The van der Waals surface area contributed by atoms with Crippen molar-refractivity contribution in [1.29, 1.82) is 0 Å². The molecule has 1 fully saturated rings. The van der Waals surface area contributed by atoms with Gasteiger partial charge >= 0.3 is 5.97 Å². The van der Waals surface area contributed by atoms with E-state index in [-0.39, 0.29) is 18.3 Å². The number of sulfonamides is 1. The summed E-state index contributed by atoms with van der Waals surface area (Å²) in [5.41, 5.74) is 0.754. The van der Waals surface area contributed by atoms with E-state index in [9.17, 15) is 13.2 Å². The molecule has 0 saturated carbocycles. The summed E-state index contributed by atoms with van der Waals surface area (Å²) in [6, 6.07) is 6.49. The van der Waals surface area contributed by atoms with Crippen molar-refractivity contribution in [2.24, 2.45) is 0 Å². The van der Waals surface area contributed by atoms with E-state index in [1.54, 1.807) is 24.3 Å². The highest BCUT2D eigenvalue weighted by molar-refractivity contribution is 7.92. The molecule has 2 N–H and O–H groups in total. The second-order valence-electron chi connectivity index (χ2n) is 4.75. The summed E-state index contributed by atoms with van der Waals surface area (Å²) in [5, 5.41) is 8.82. The van der Waals surface area contributed by atoms with Gasteiger partial charge in [-0.25, -0.2) is 8.42 Å². The second kappa shape index (κ2) is 6.23. The molecule has 0 amide bonds. The average Bonchev–Trinajstić information content (AvgIpc) is 2.82. The first-order valence-corrected chi connectivity index (χ1v) is 8.03. The number of anilines is 1. The summed E-state index contributed by atoms with van der Waals surface area (Å²) in [5.74, 6) is -1.11. The van der Waals surface area contributed by atoms with Crippen molar-refractivity contribution in [3.8, 4) is 0 Å². The predicted molar refractivity (Wildman–Crippen MR) is 74.2 cm³/mol. The van der Waals surface area contributed by atoms with Gasteiger partial charge in [0, 0.05) is 6.61 Å². The maximum atomic E-state index is 12.1. The van der Waals surface area contributed by atoms with Gasteiger partial charge in [0.1, 0.15) is 0 Å². The molecule has 1 aliphatic rings. The summed E-state index contributed by atoms with van der Waals surface area (Å²) in [4.78, 5) is 10.8. The number of para-hydroxylation sites is 1. The Morgan fingerprint density at radius 3 is 2.80 bits per heavy atom. The number of carboxylic acid groups (broad SMARTS) is 1. The molecule has 1 aromatic carbocycles. The molecule has 1 heterocycles. The van der Waals surface area contributed by atoms with Crippen LogP contribution in [0.5, 0.6) is 0 Å². The molecule has 110 valence electrons. The fourth-order valence-electron chi connectivity index (χ4n) is 2.17. The van der Waals surface area contributed by atoms with Gasteiger partial charge in [-0.05, 0) is 24.5 Å². The molecule has 0 aliphatic carbocycles. The lowest BCUT2D eigenvalue weighted by molar-refractivity contribution is -0.136. The summed E-state index contributed by atoms with van der Waals surface area (Å²) in [6.07, 6.45) is 1.10. The molecule has 20 heavy (non-hydrogen) atoms. The lowest BCUT2D eigenvalue weighted by Crippen LogP contribution is -2.26. The third-order valence-electron chi connectivity index (χ3n) is 3.05. The molecule has 0 bridgehead atoms. The van der Waals surface area contributed by atoms with Gasteiger partial charge in [-0.2, -0.15) is 0 Å². The summed E-state index contributed by atoms with van der Waals surface area (Å²) in [7, 11) is -3.54. The molecule has 0 aromatic heterocycles. The number of carbonyl (C=O) groups is 1. The van der Waals surface area contributed by atoms with E-state index in [0.29, 0.717) is 17.9 Å². The number of carboxylic acids is 1. The number of rotatable bonds is 6. The van der Waals surface area contributed by atoms with Gasteiger partial charge in [-0.15, -0.1) is 0 Å². The molecule has 0 radical (unpaired) electrons. The van der Waals surface area contributed by atoms with E-state index in [0.717, 1.165) is 12.8 Å². The fourth-order valence-corrected chi connectivity index (χ4v) is 3.54. The minimum atomic E-state index is -3.54. The molecule has 1 saturated heterocycles. The van der Waals surface area contributed by atoms with E-state index >= 15 is 0 Å². The maximum Gasteiger partial charge on any atom is 0.307 e. The third-order valence-corrected chi connectivity index (χ3v) is 4.40. The molecule has 7 heteroatoms. The van der Waals surface area contributed by atoms with Crippen molar-refractivity contribution in [3.63, 3.8) is 0 Å². The predicted octanol–water partition coefficient (Wildman–Crippen LogP) is 1.23. The summed E-state index contributed by atoms with van der Waals surface area (Å²) >= 11 is 0. The van der Waals surface area contributed by atoms with Crippen LogP contribution in [0.25, 0.3) is 0 Å². The molecule has 1 aliphatic heterocycles. The van der Waals surface area contributed by atoms with Crippen LogP contribution in [0.3, 0.4) is 0 Å². The van der Waals surface area contributed by atoms with E-state index in [1.807, 2.05) is 0 Å². The summed E-state index contributed by atoms with van der Waals surface area (Å²) in [6.45, 7) is 0.593. The SMILES string of the molecule is O=C(O)Cc1ccccc1NS(=O)(=O)CC1CCCO1. The smallest absolute Gasteiger partial charge is 0.307 e. The third kappa shape index (κ3) is 4.21. The zero-order chi connectivity index (χ0) is 14.6. The van der Waals surface area contributed by atoms with Gasteiger partial charge in [0.15, 0.2) is 0 Å². The standard InChI is InChI=1S/C13H17NO5S/c15-13(16)8-10-4-1-2-6-12(10)14-20(17,18)9-11-5-3-7-19-11/h1-2,4,6,11,14H,3,5,7-9H2,(H,15,16). The van der Waals surface area contributed by atoms with Crippen LogP contribution >= 0.6 is 0 Å². The minimum Gasteiger partial charge on any atom is -0.481 e. The monoisotopic (exact) mass is 299 g/mol. The Bertz CT molecular complexity index is 578. The maximum absolute atomic E-state index is 12.1. The van der Waals surface area contributed by atoms with Crippen LogP contribution in [0.15, 0.2) is 24.3 Å². The van der Waals surface area contributed by atoms with Crippen molar-refractivity contribution in [1.82, 2.24) is 0 Å². The first kappa shape index (κ1) is 14.8. The number of hydrogen-bond donors (Lipinski definition) is 2. The number of hydrogen-bond acceptors (Lipinski definition) is 4. The van der Waals surface area contributed by atoms with Crippen molar-refractivity contribution in [2.75, 3.05) is 17.1 Å². The quantitative estimate of drug-likeness (QED) is 0.824. The average molecular weight is 299 g/mol. The Hall–Kier alpha value is -1.60. The molecule has 1 aromatic rings. The Morgan fingerprint density at radius 1 is 1.40 bits per heavy atom. The normalized spacial score (nSPS) is 18.9. The molecule has 1 unspecified atom stereocenters. The first-order valence-electron chi connectivity index (χ1n) is 6.38. The number of aliphatic carboxylic acids is 1. The first-order chi connectivity index (χ1) is 9.46. The Labute approximate surface area is 117 Å². The van der Waals surface area contributed by atoms with Crippen LogP contribution in [0, 0.1) is 0 Å². The number of ether oxygens (including phenoxy) is 1. The zero-order valence-corrected chi connectivity index (χ0v) is 11.7. The topological polar surface area (TPSA) is 92.7 Å². The number of nitrogens with one attached hydrogen (secondary N) is 1. The minimum absolute atomic E-state index is 0.103. The lowest BCUT2D eigenvalue weighted by atomic mass is 10.1. The molecule has 1 atom stereocenters. The van der Waals surface area contributed by atoms with E-state index in [4.69, 9.17) is 9.84 Å². The highest BCUT2D eigenvalue weighted by Crippen LogP contribution is 2.19. The van der Waals surface area contributed by atoms with E-state index in [1.165, 1.54) is 0 Å². The lowest BCUT2D eigenvalue weighted by Gasteiger charge is -2.14.